The Bertz CT molecular complexity index is 611. The van der Waals surface area contributed by atoms with Crippen molar-refractivity contribution in [1.29, 1.82) is 0 Å². The first-order valence-electron chi connectivity index (χ1n) is 7.22. The average molecular weight is 309 g/mol. The van der Waals surface area contributed by atoms with Crippen molar-refractivity contribution >= 4 is 33.3 Å². The number of hydrogen-bond acceptors (Lipinski definition) is 7. The van der Waals surface area contributed by atoms with E-state index in [1.165, 1.54) is 4.88 Å². The normalized spacial score (nSPS) is 14.1. The first kappa shape index (κ1) is 15.9. The van der Waals surface area contributed by atoms with E-state index in [0.717, 1.165) is 29.5 Å². The molecular formula is C14H23N5OS. The maximum atomic E-state index is 10.3. The van der Waals surface area contributed by atoms with Gasteiger partial charge in [-0.1, -0.05) is 20.3 Å². The Hall–Kier alpha value is -1.44. The molecule has 0 aliphatic rings. The van der Waals surface area contributed by atoms with Gasteiger partial charge in [0.05, 0.1) is 11.0 Å². The zero-order chi connectivity index (χ0) is 15.5. The maximum Gasteiger partial charge on any atom is 0.240 e. The van der Waals surface area contributed by atoms with Crippen molar-refractivity contribution in [2.75, 3.05) is 17.3 Å². The predicted octanol–water partition coefficient (Wildman–Crippen LogP) is 2.50. The molecule has 2 aromatic heterocycles. The summed E-state index contributed by atoms with van der Waals surface area (Å²) in [6.45, 7) is 6.43. The topological polar surface area (TPSA) is 96.1 Å². The molecule has 0 aliphatic carbocycles. The van der Waals surface area contributed by atoms with Crippen LogP contribution in [0.1, 0.15) is 38.5 Å². The van der Waals surface area contributed by atoms with Crippen molar-refractivity contribution in [1.82, 2.24) is 9.97 Å². The average Bonchev–Trinajstić information content (AvgIpc) is 2.87. The summed E-state index contributed by atoms with van der Waals surface area (Å²) < 4.78 is 0. The standard InChI is InChI=1S/C14H23N5OS/c1-4-6-14(3,20)8-16-11-10-7-9(5-2)21-12(10)18-13(17-11)19-15/h7,20H,4-6,8,15H2,1-3H3,(H2,16,17,18,19). The quantitative estimate of drug-likeness (QED) is 0.463. The highest BCUT2D eigenvalue weighted by molar-refractivity contribution is 7.18. The molecule has 7 heteroatoms. The molecule has 21 heavy (non-hydrogen) atoms. The largest absolute Gasteiger partial charge is 0.388 e. The van der Waals surface area contributed by atoms with Crippen LogP contribution in [0.15, 0.2) is 6.07 Å². The lowest BCUT2D eigenvalue weighted by Gasteiger charge is -2.23. The maximum absolute atomic E-state index is 10.3. The third-order valence-electron chi connectivity index (χ3n) is 3.35. The van der Waals surface area contributed by atoms with Crippen LogP contribution in [0, 0.1) is 0 Å². The summed E-state index contributed by atoms with van der Waals surface area (Å²) in [6.07, 6.45) is 2.63. The molecule has 0 aromatic carbocycles. The van der Waals surface area contributed by atoms with Gasteiger partial charge in [0, 0.05) is 11.4 Å². The molecule has 0 spiro atoms. The molecule has 2 rings (SSSR count). The van der Waals surface area contributed by atoms with Gasteiger partial charge in [-0.25, -0.2) is 10.8 Å². The summed E-state index contributed by atoms with van der Waals surface area (Å²) in [4.78, 5) is 10.9. The summed E-state index contributed by atoms with van der Waals surface area (Å²) in [5, 5.41) is 14.5. The second-order valence-corrected chi connectivity index (χ2v) is 6.54. The highest BCUT2D eigenvalue weighted by Gasteiger charge is 2.20. The number of rotatable bonds is 7. The molecular weight excluding hydrogens is 286 g/mol. The number of hydrogen-bond donors (Lipinski definition) is 4. The van der Waals surface area contributed by atoms with E-state index in [9.17, 15) is 5.11 Å². The van der Waals surface area contributed by atoms with Crippen molar-refractivity contribution in [3.05, 3.63) is 10.9 Å². The molecule has 0 aliphatic heterocycles. The third kappa shape index (κ3) is 3.81. The van der Waals surface area contributed by atoms with E-state index in [1.807, 2.05) is 6.92 Å². The number of nitrogens with one attached hydrogen (secondary N) is 2. The summed E-state index contributed by atoms with van der Waals surface area (Å²) in [6, 6.07) is 2.09. The molecule has 6 nitrogen and oxygen atoms in total. The lowest BCUT2D eigenvalue weighted by molar-refractivity contribution is 0.0636. The Balaban J connectivity index is 2.30. The molecule has 2 heterocycles. The Morgan fingerprint density at radius 3 is 2.76 bits per heavy atom. The van der Waals surface area contributed by atoms with Crippen molar-refractivity contribution in [3.63, 3.8) is 0 Å². The molecule has 1 unspecified atom stereocenters. The number of nitrogens with two attached hydrogens (primary N) is 1. The van der Waals surface area contributed by atoms with E-state index in [2.05, 4.69) is 40.6 Å². The highest BCUT2D eigenvalue weighted by Crippen LogP contribution is 2.30. The molecule has 0 saturated heterocycles. The molecule has 116 valence electrons. The van der Waals surface area contributed by atoms with Crippen molar-refractivity contribution in [2.24, 2.45) is 5.84 Å². The Morgan fingerprint density at radius 1 is 1.38 bits per heavy atom. The van der Waals surface area contributed by atoms with Crippen molar-refractivity contribution in [2.45, 2.75) is 45.6 Å². The van der Waals surface area contributed by atoms with E-state index < -0.39 is 5.60 Å². The minimum absolute atomic E-state index is 0.379. The van der Waals surface area contributed by atoms with Gasteiger partial charge < -0.3 is 10.4 Å². The molecule has 0 bridgehead atoms. The molecule has 0 radical (unpaired) electrons. The molecule has 2 aromatic rings. The second-order valence-electron chi connectivity index (χ2n) is 5.43. The predicted molar refractivity (Wildman–Crippen MR) is 88.6 cm³/mol. The van der Waals surface area contributed by atoms with Crippen LogP contribution in [0.2, 0.25) is 0 Å². The van der Waals surface area contributed by atoms with Gasteiger partial charge in [-0.2, -0.15) is 4.98 Å². The van der Waals surface area contributed by atoms with Gasteiger partial charge in [0.1, 0.15) is 10.6 Å². The van der Waals surface area contributed by atoms with Crippen LogP contribution in [-0.4, -0.2) is 27.2 Å². The van der Waals surface area contributed by atoms with Gasteiger partial charge in [-0.15, -0.1) is 11.3 Å². The monoisotopic (exact) mass is 309 g/mol. The van der Waals surface area contributed by atoms with Gasteiger partial charge in [0.15, 0.2) is 0 Å². The lowest BCUT2D eigenvalue weighted by Crippen LogP contribution is -2.33. The number of anilines is 2. The summed E-state index contributed by atoms with van der Waals surface area (Å²) in [5.41, 5.74) is 1.73. The van der Waals surface area contributed by atoms with E-state index in [4.69, 9.17) is 5.84 Å². The van der Waals surface area contributed by atoms with E-state index in [0.29, 0.717) is 18.3 Å². The summed E-state index contributed by atoms with van der Waals surface area (Å²) in [5.74, 6) is 6.52. The zero-order valence-electron chi connectivity index (χ0n) is 12.7. The number of thiophene rings is 1. The summed E-state index contributed by atoms with van der Waals surface area (Å²) >= 11 is 1.64. The smallest absolute Gasteiger partial charge is 0.240 e. The number of hydrazine groups is 1. The van der Waals surface area contributed by atoms with Crippen LogP contribution in [0.3, 0.4) is 0 Å². The molecule has 5 N–H and O–H groups in total. The van der Waals surface area contributed by atoms with Crippen molar-refractivity contribution in [3.8, 4) is 0 Å². The molecule has 0 fully saturated rings. The third-order valence-corrected chi connectivity index (χ3v) is 4.52. The van der Waals surface area contributed by atoms with E-state index in [1.54, 1.807) is 11.3 Å². The first-order chi connectivity index (χ1) is 9.99. The van der Waals surface area contributed by atoms with Crippen molar-refractivity contribution < 1.29 is 5.11 Å². The number of aliphatic hydroxyl groups is 1. The molecule has 0 saturated carbocycles. The summed E-state index contributed by atoms with van der Waals surface area (Å²) in [7, 11) is 0. The van der Waals surface area contributed by atoms with Crippen LogP contribution in [0.5, 0.6) is 0 Å². The molecule has 1 atom stereocenters. The van der Waals surface area contributed by atoms with Crippen LogP contribution in [0.25, 0.3) is 10.2 Å². The van der Waals surface area contributed by atoms with Gasteiger partial charge in [0.25, 0.3) is 0 Å². The fraction of sp³-hybridized carbons (Fsp3) is 0.571. The minimum atomic E-state index is -0.758. The number of nitrogens with zero attached hydrogens (tertiary/aromatic N) is 2. The van der Waals surface area contributed by atoms with Crippen LogP contribution < -0.4 is 16.6 Å². The number of nitrogen functional groups attached to an aromatic ring is 1. The van der Waals surface area contributed by atoms with Crippen LogP contribution in [-0.2, 0) is 6.42 Å². The fourth-order valence-corrected chi connectivity index (χ4v) is 3.21. The number of aryl methyl sites for hydroxylation is 1. The first-order valence-corrected chi connectivity index (χ1v) is 8.04. The minimum Gasteiger partial charge on any atom is -0.388 e. The lowest BCUT2D eigenvalue weighted by atomic mass is 10.0. The van der Waals surface area contributed by atoms with Gasteiger partial charge >= 0.3 is 0 Å². The highest BCUT2D eigenvalue weighted by atomic mass is 32.1. The van der Waals surface area contributed by atoms with Crippen LogP contribution in [0.4, 0.5) is 11.8 Å². The zero-order valence-corrected chi connectivity index (χ0v) is 13.5. The Labute approximate surface area is 128 Å². The second kappa shape index (κ2) is 6.55. The Morgan fingerprint density at radius 2 is 2.14 bits per heavy atom. The number of fused-ring (bicyclic) bond motifs is 1. The van der Waals surface area contributed by atoms with E-state index >= 15 is 0 Å². The van der Waals surface area contributed by atoms with Gasteiger partial charge in [-0.05, 0) is 25.8 Å². The van der Waals surface area contributed by atoms with E-state index in [-0.39, 0.29) is 0 Å². The Kier molecular flexibility index (Phi) is 4.97. The van der Waals surface area contributed by atoms with Gasteiger partial charge in [-0.3, -0.25) is 5.43 Å². The van der Waals surface area contributed by atoms with Crippen LogP contribution >= 0.6 is 11.3 Å². The molecule has 0 amide bonds. The SMILES string of the molecule is CCCC(C)(O)CNc1nc(NN)nc2sc(CC)cc12. The fourth-order valence-electron chi connectivity index (χ4n) is 2.25. The number of aromatic nitrogens is 2. The van der Waals surface area contributed by atoms with Gasteiger partial charge in [0.2, 0.25) is 5.95 Å².